The van der Waals surface area contributed by atoms with Crippen LogP contribution in [0, 0.1) is 5.82 Å². The molecule has 0 atom stereocenters. The van der Waals surface area contributed by atoms with Crippen molar-refractivity contribution in [1.29, 1.82) is 0 Å². The van der Waals surface area contributed by atoms with E-state index in [1.54, 1.807) is 25.1 Å². The van der Waals surface area contributed by atoms with Gasteiger partial charge >= 0.3 is 17.8 Å². The summed E-state index contributed by atoms with van der Waals surface area (Å²) in [6.45, 7) is 1.74. The van der Waals surface area contributed by atoms with Gasteiger partial charge in [0.05, 0.1) is 18.8 Å². The Labute approximate surface area is 157 Å². The number of amides is 4. The van der Waals surface area contributed by atoms with E-state index in [-0.39, 0.29) is 17.8 Å². The maximum atomic E-state index is 14.0. The second kappa shape index (κ2) is 7.25. The maximum Gasteiger partial charge on any atom is 0.339 e. The van der Waals surface area contributed by atoms with Gasteiger partial charge in [0.15, 0.2) is 0 Å². The van der Waals surface area contributed by atoms with E-state index in [9.17, 15) is 18.8 Å². The van der Waals surface area contributed by atoms with Crippen molar-refractivity contribution in [3.05, 3.63) is 58.3 Å². The molecule has 4 amide bonds. The van der Waals surface area contributed by atoms with Gasteiger partial charge in [0, 0.05) is 10.0 Å². The molecule has 1 aliphatic heterocycles. The first-order valence-corrected chi connectivity index (χ1v) is 8.59. The molecule has 1 aliphatic rings. The van der Waals surface area contributed by atoms with Crippen LogP contribution in [0.5, 0.6) is 5.75 Å². The van der Waals surface area contributed by atoms with Crippen molar-refractivity contribution in [3.63, 3.8) is 0 Å². The molecule has 26 heavy (non-hydrogen) atoms. The molecular weight excluding hydrogens is 407 g/mol. The average molecular weight is 421 g/mol. The maximum absolute atomic E-state index is 14.0. The van der Waals surface area contributed by atoms with Crippen LogP contribution in [0.2, 0.25) is 0 Å². The number of carbonyl (C=O) groups excluding carboxylic acids is 3. The summed E-state index contributed by atoms with van der Waals surface area (Å²) in [4.78, 5) is 38.9. The van der Waals surface area contributed by atoms with Crippen molar-refractivity contribution in [1.82, 2.24) is 4.90 Å². The van der Waals surface area contributed by atoms with E-state index in [0.29, 0.717) is 16.8 Å². The first-order valence-electron chi connectivity index (χ1n) is 7.79. The summed E-state index contributed by atoms with van der Waals surface area (Å²) >= 11 is 3.21. The molecule has 1 fully saturated rings. The highest BCUT2D eigenvalue weighted by Gasteiger charge is 2.46. The van der Waals surface area contributed by atoms with Gasteiger partial charge < -0.3 is 4.74 Å². The van der Waals surface area contributed by atoms with Crippen LogP contribution in [0.4, 0.5) is 14.9 Å². The highest BCUT2D eigenvalue weighted by atomic mass is 79.9. The number of anilines is 1. The SMILES string of the molecule is CCOc1ccccc1N1C(=O)C(=O)N(Cc2cc(Br)ccc2F)C1=O. The third-order valence-corrected chi connectivity index (χ3v) is 4.29. The molecule has 0 radical (unpaired) electrons. The smallest absolute Gasteiger partial charge is 0.339 e. The number of nitrogens with zero attached hydrogens (tertiary/aromatic N) is 2. The predicted molar refractivity (Wildman–Crippen MR) is 95.1 cm³/mol. The van der Waals surface area contributed by atoms with Crippen LogP contribution < -0.4 is 9.64 Å². The van der Waals surface area contributed by atoms with Gasteiger partial charge in [-0.25, -0.2) is 14.1 Å². The van der Waals surface area contributed by atoms with Crippen LogP contribution in [0.25, 0.3) is 0 Å². The first kappa shape index (κ1) is 18.1. The Bertz CT molecular complexity index is 903. The molecule has 3 rings (SSSR count). The lowest BCUT2D eigenvalue weighted by molar-refractivity contribution is -0.139. The summed E-state index contributed by atoms with van der Waals surface area (Å²) in [5, 5.41) is 0. The molecule has 134 valence electrons. The predicted octanol–water partition coefficient (Wildman–Crippen LogP) is 3.48. The normalized spacial score (nSPS) is 14.3. The van der Waals surface area contributed by atoms with Gasteiger partial charge in [-0.05, 0) is 37.3 Å². The van der Waals surface area contributed by atoms with E-state index in [4.69, 9.17) is 4.74 Å². The zero-order chi connectivity index (χ0) is 18.8. The van der Waals surface area contributed by atoms with Crippen LogP contribution >= 0.6 is 15.9 Å². The van der Waals surface area contributed by atoms with Crippen molar-refractivity contribution in [2.24, 2.45) is 0 Å². The minimum atomic E-state index is -1.01. The molecule has 0 N–H and O–H groups in total. The topological polar surface area (TPSA) is 66.9 Å². The number of rotatable bonds is 5. The zero-order valence-electron chi connectivity index (χ0n) is 13.7. The van der Waals surface area contributed by atoms with Crippen LogP contribution in [-0.4, -0.2) is 29.4 Å². The number of urea groups is 1. The number of carbonyl (C=O) groups is 3. The largest absolute Gasteiger partial charge is 0.492 e. The van der Waals surface area contributed by atoms with Gasteiger partial charge in [-0.2, -0.15) is 0 Å². The lowest BCUT2D eigenvalue weighted by Crippen LogP contribution is -2.33. The Morgan fingerprint density at radius 1 is 1.08 bits per heavy atom. The zero-order valence-corrected chi connectivity index (χ0v) is 15.3. The molecule has 0 aromatic heterocycles. The number of ether oxygens (including phenoxy) is 1. The van der Waals surface area contributed by atoms with Gasteiger partial charge in [-0.3, -0.25) is 14.5 Å². The summed E-state index contributed by atoms with van der Waals surface area (Å²) in [6, 6.07) is 9.76. The average Bonchev–Trinajstić information content (AvgIpc) is 2.82. The van der Waals surface area contributed by atoms with Crippen molar-refractivity contribution >= 4 is 39.5 Å². The fourth-order valence-electron chi connectivity index (χ4n) is 2.61. The lowest BCUT2D eigenvalue weighted by atomic mass is 10.2. The summed E-state index contributed by atoms with van der Waals surface area (Å²) in [6.07, 6.45) is 0. The molecule has 0 unspecified atom stereocenters. The number of benzene rings is 2. The second-order valence-corrected chi connectivity index (χ2v) is 6.37. The Morgan fingerprint density at radius 3 is 2.54 bits per heavy atom. The fourth-order valence-corrected chi connectivity index (χ4v) is 3.02. The first-order chi connectivity index (χ1) is 12.4. The summed E-state index contributed by atoms with van der Waals surface area (Å²) in [7, 11) is 0. The Morgan fingerprint density at radius 2 is 1.81 bits per heavy atom. The minimum absolute atomic E-state index is 0.119. The third-order valence-electron chi connectivity index (χ3n) is 3.80. The standard InChI is InChI=1S/C18H14BrFN2O4/c1-2-26-15-6-4-3-5-14(15)22-17(24)16(23)21(18(22)25)10-11-9-12(19)7-8-13(11)20/h3-9H,2,10H2,1H3. The summed E-state index contributed by atoms with van der Waals surface area (Å²) in [5.41, 5.74) is 0.295. The van der Waals surface area contributed by atoms with E-state index >= 15 is 0 Å². The van der Waals surface area contributed by atoms with Crippen molar-refractivity contribution in [3.8, 4) is 5.75 Å². The highest BCUT2D eigenvalue weighted by Crippen LogP contribution is 2.32. The molecule has 2 aromatic carbocycles. The van der Waals surface area contributed by atoms with Gasteiger partial charge in [-0.15, -0.1) is 0 Å². The van der Waals surface area contributed by atoms with E-state index in [1.165, 1.54) is 24.3 Å². The Balaban J connectivity index is 1.95. The van der Waals surface area contributed by atoms with E-state index in [2.05, 4.69) is 15.9 Å². The summed E-state index contributed by atoms with van der Waals surface area (Å²) < 4.78 is 20.0. The molecule has 1 saturated heterocycles. The molecule has 8 heteroatoms. The number of imide groups is 2. The molecule has 0 bridgehead atoms. The molecule has 6 nitrogen and oxygen atoms in total. The van der Waals surface area contributed by atoms with Crippen LogP contribution in [-0.2, 0) is 16.1 Å². The number of hydrogen-bond acceptors (Lipinski definition) is 4. The Hall–Kier alpha value is -2.74. The monoisotopic (exact) mass is 420 g/mol. The van der Waals surface area contributed by atoms with Gasteiger partial charge in [0.1, 0.15) is 11.6 Å². The fraction of sp³-hybridized carbons (Fsp3) is 0.167. The minimum Gasteiger partial charge on any atom is -0.492 e. The van der Waals surface area contributed by atoms with Crippen molar-refractivity contribution in [2.75, 3.05) is 11.5 Å². The van der Waals surface area contributed by atoms with Crippen LogP contribution in [0.15, 0.2) is 46.9 Å². The highest BCUT2D eigenvalue weighted by molar-refractivity contribution is 9.10. The quantitative estimate of drug-likeness (QED) is 0.548. The molecule has 0 saturated carbocycles. The Kier molecular flexibility index (Phi) is 5.03. The van der Waals surface area contributed by atoms with Crippen LogP contribution in [0.1, 0.15) is 12.5 Å². The third kappa shape index (κ3) is 3.20. The molecule has 0 spiro atoms. The number of halogens is 2. The molecule has 1 heterocycles. The lowest BCUT2D eigenvalue weighted by Gasteiger charge is -2.18. The molecule has 2 aromatic rings. The van der Waals surface area contributed by atoms with Crippen LogP contribution in [0.3, 0.4) is 0 Å². The second-order valence-electron chi connectivity index (χ2n) is 5.45. The van der Waals surface area contributed by atoms with Gasteiger partial charge in [-0.1, -0.05) is 28.1 Å². The molecule has 0 aliphatic carbocycles. The van der Waals surface area contributed by atoms with Gasteiger partial charge in [0.25, 0.3) is 0 Å². The van der Waals surface area contributed by atoms with Crippen molar-refractivity contribution < 1.29 is 23.5 Å². The molecular formula is C18H14BrFN2O4. The number of para-hydroxylation sites is 2. The van der Waals surface area contributed by atoms with Crippen molar-refractivity contribution in [2.45, 2.75) is 13.5 Å². The van der Waals surface area contributed by atoms with Gasteiger partial charge in [0.2, 0.25) is 0 Å². The van der Waals surface area contributed by atoms with E-state index < -0.39 is 23.7 Å². The summed E-state index contributed by atoms with van der Waals surface area (Å²) in [5.74, 6) is -2.28. The number of hydrogen-bond donors (Lipinski definition) is 0. The van der Waals surface area contributed by atoms with E-state index in [1.807, 2.05) is 0 Å². The van der Waals surface area contributed by atoms with E-state index in [0.717, 1.165) is 9.80 Å².